The van der Waals surface area contributed by atoms with Gasteiger partial charge in [0.05, 0.1) is 13.2 Å². The third kappa shape index (κ3) is 5.85. The summed E-state index contributed by atoms with van der Waals surface area (Å²) >= 11 is 0. The number of carbonyl (C=O) groups excluding carboxylic acids is 1. The van der Waals surface area contributed by atoms with Gasteiger partial charge in [-0.2, -0.15) is 0 Å². The summed E-state index contributed by atoms with van der Waals surface area (Å²) in [6, 6.07) is 16.7. The van der Waals surface area contributed by atoms with E-state index in [4.69, 9.17) is 4.74 Å². The Labute approximate surface area is 196 Å². The van der Waals surface area contributed by atoms with Gasteiger partial charge < -0.3 is 20.7 Å². The SMILES string of the molecule is CN=C(NCC1CC(=O)Nc2ccccc21)NCC(c1ccc(OC)cc1)N1CCCCC1. The molecule has 7 nitrogen and oxygen atoms in total. The maximum Gasteiger partial charge on any atom is 0.225 e. The number of fused-ring (bicyclic) bond motifs is 1. The molecule has 2 unspecified atom stereocenters. The number of likely N-dealkylation sites (tertiary alicyclic amines) is 1. The van der Waals surface area contributed by atoms with Crippen LogP contribution in [0.5, 0.6) is 5.75 Å². The van der Waals surface area contributed by atoms with Gasteiger partial charge in [0.15, 0.2) is 5.96 Å². The number of hydrogen-bond donors (Lipinski definition) is 3. The Morgan fingerprint density at radius 2 is 1.88 bits per heavy atom. The Balaban J connectivity index is 1.40. The van der Waals surface area contributed by atoms with Crippen LogP contribution in [0.3, 0.4) is 0 Å². The van der Waals surface area contributed by atoms with Gasteiger partial charge in [0.25, 0.3) is 0 Å². The van der Waals surface area contributed by atoms with Crippen molar-refractivity contribution in [2.45, 2.75) is 37.6 Å². The van der Waals surface area contributed by atoms with E-state index in [0.717, 1.165) is 37.0 Å². The van der Waals surface area contributed by atoms with Crippen LogP contribution >= 0.6 is 0 Å². The lowest BCUT2D eigenvalue weighted by atomic mass is 9.90. The quantitative estimate of drug-likeness (QED) is 0.445. The van der Waals surface area contributed by atoms with Crippen LogP contribution in [-0.4, -0.2) is 57.1 Å². The fourth-order valence-electron chi connectivity index (χ4n) is 4.83. The van der Waals surface area contributed by atoms with Gasteiger partial charge >= 0.3 is 0 Å². The van der Waals surface area contributed by atoms with E-state index in [1.807, 2.05) is 30.3 Å². The van der Waals surface area contributed by atoms with Gasteiger partial charge in [0.2, 0.25) is 5.91 Å². The minimum Gasteiger partial charge on any atom is -0.497 e. The summed E-state index contributed by atoms with van der Waals surface area (Å²) < 4.78 is 5.35. The summed E-state index contributed by atoms with van der Waals surface area (Å²) in [5.74, 6) is 1.81. The molecule has 2 aliphatic rings. The van der Waals surface area contributed by atoms with Gasteiger partial charge in [-0.05, 0) is 55.3 Å². The van der Waals surface area contributed by atoms with Crippen LogP contribution in [0.1, 0.15) is 48.8 Å². The summed E-state index contributed by atoms with van der Waals surface area (Å²) in [6.45, 7) is 3.63. The molecular formula is C26H35N5O2. The predicted molar refractivity (Wildman–Crippen MR) is 133 cm³/mol. The standard InChI is InChI=1S/C26H35N5O2/c1-27-26(28-17-20-16-25(32)30-23-9-5-4-8-22(20)23)29-18-24(31-14-6-3-7-15-31)19-10-12-21(33-2)13-11-19/h4-5,8-13,20,24H,3,6-7,14-18H2,1-2H3,(H,30,32)(H2,27,28,29). The van der Waals surface area contributed by atoms with Crippen molar-refractivity contribution in [2.24, 2.45) is 4.99 Å². The molecule has 0 saturated carbocycles. The second-order valence-electron chi connectivity index (χ2n) is 8.76. The number of para-hydroxylation sites is 1. The summed E-state index contributed by atoms with van der Waals surface area (Å²) in [4.78, 5) is 19.1. The molecular weight excluding hydrogens is 414 g/mol. The molecule has 0 bridgehead atoms. The number of piperidine rings is 1. The zero-order chi connectivity index (χ0) is 23.0. The first-order valence-corrected chi connectivity index (χ1v) is 11.9. The van der Waals surface area contributed by atoms with Crippen LogP contribution in [0.15, 0.2) is 53.5 Å². The highest BCUT2D eigenvalue weighted by Gasteiger charge is 2.26. The molecule has 2 aromatic rings. The van der Waals surface area contributed by atoms with Gasteiger partial charge in [-0.3, -0.25) is 14.7 Å². The lowest BCUT2D eigenvalue weighted by molar-refractivity contribution is -0.116. The lowest BCUT2D eigenvalue weighted by Crippen LogP contribution is -2.45. The predicted octanol–water partition coefficient (Wildman–Crippen LogP) is 3.51. The highest BCUT2D eigenvalue weighted by Crippen LogP contribution is 2.31. The van der Waals surface area contributed by atoms with Crippen molar-refractivity contribution in [2.75, 3.05) is 45.7 Å². The maximum atomic E-state index is 12.1. The molecule has 2 atom stereocenters. The van der Waals surface area contributed by atoms with E-state index in [2.05, 4.69) is 44.0 Å². The van der Waals surface area contributed by atoms with Crippen molar-refractivity contribution in [3.63, 3.8) is 0 Å². The molecule has 176 valence electrons. The zero-order valence-corrected chi connectivity index (χ0v) is 19.6. The van der Waals surface area contributed by atoms with Gasteiger partial charge in [-0.25, -0.2) is 0 Å². The second kappa shape index (κ2) is 11.2. The molecule has 0 spiro atoms. The number of anilines is 1. The van der Waals surface area contributed by atoms with Crippen molar-refractivity contribution in [3.05, 3.63) is 59.7 Å². The van der Waals surface area contributed by atoms with Crippen LogP contribution in [0.4, 0.5) is 5.69 Å². The van der Waals surface area contributed by atoms with Crippen LogP contribution in [0.25, 0.3) is 0 Å². The van der Waals surface area contributed by atoms with E-state index >= 15 is 0 Å². The number of guanidine groups is 1. The fraction of sp³-hybridized carbons (Fsp3) is 0.462. The smallest absolute Gasteiger partial charge is 0.225 e. The van der Waals surface area contributed by atoms with E-state index < -0.39 is 0 Å². The Hall–Kier alpha value is -3.06. The molecule has 1 fully saturated rings. The van der Waals surface area contributed by atoms with E-state index in [1.54, 1.807) is 14.2 Å². The van der Waals surface area contributed by atoms with Gasteiger partial charge in [0.1, 0.15) is 5.75 Å². The number of rotatable bonds is 7. The van der Waals surface area contributed by atoms with E-state index in [0.29, 0.717) is 13.0 Å². The van der Waals surface area contributed by atoms with Crippen molar-refractivity contribution in [3.8, 4) is 5.75 Å². The molecule has 2 aromatic carbocycles. The number of methoxy groups -OCH3 is 1. The molecule has 7 heteroatoms. The molecule has 0 radical (unpaired) electrons. The lowest BCUT2D eigenvalue weighted by Gasteiger charge is -2.35. The molecule has 1 amide bonds. The van der Waals surface area contributed by atoms with Crippen LogP contribution in [0.2, 0.25) is 0 Å². The minimum absolute atomic E-state index is 0.0631. The molecule has 2 heterocycles. The Morgan fingerprint density at radius 1 is 1.12 bits per heavy atom. The van der Waals surface area contributed by atoms with E-state index in [-0.39, 0.29) is 17.9 Å². The third-order valence-electron chi connectivity index (χ3n) is 6.64. The summed E-state index contributed by atoms with van der Waals surface area (Å²) in [5.41, 5.74) is 3.36. The first kappa shape index (κ1) is 23.1. The van der Waals surface area contributed by atoms with Crippen molar-refractivity contribution < 1.29 is 9.53 Å². The van der Waals surface area contributed by atoms with Gasteiger partial charge in [0, 0.05) is 38.2 Å². The normalized spacial score (nSPS) is 19.9. The Kier molecular flexibility index (Phi) is 7.83. The molecule has 0 aromatic heterocycles. The number of ether oxygens (including phenoxy) is 1. The summed E-state index contributed by atoms with van der Waals surface area (Å²) in [7, 11) is 3.49. The number of nitrogens with zero attached hydrogens (tertiary/aromatic N) is 2. The number of benzene rings is 2. The summed E-state index contributed by atoms with van der Waals surface area (Å²) in [6.07, 6.45) is 4.26. The summed E-state index contributed by atoms with van der Waals surface area (Å²) in [5, 5.41) is 9.95. The molecule has 4 rings (SSSR count). The fourth-order valence-corrected chi connectivity index (χ4v) is 4.83. The number of amides is 1. The molecule has 0 aliphatic carbocycles. The number of nitrogens with one attached hydrogen (secondary N) is 3. The highest BCUT2D eigenvalue weighted by atomic mass is 16.5. The molecule has 3 N–H and O–H groups in total. The van der Waals surface area contributed by atoms with Crippen molar-refractivity contribution in [1.82, 2.24) is 15.5 Å². The van der Waals surface area contributed by atoms with Crippen molar-refractivity contribution >= 4 is 17.6 Å². The van der Waals surface area contributed by atoms with Gasteiger partial charge in [-0.1, -0.05) is 36.8 Å². The molecule has 2 aliphatic heterocycles. The van der Waals surface area contributed by atoms with E-state index in [9.17, 15) is 4.79 Å². The highest BCUT2D eigenvalue weighted by molar-refractivity contribution is 5.94. The monoisotopic (exact) mass is 449 g/mol. The zero-order valence-electron chi connectivity index (χ0n) is 19.6. The first-order chi connectivity index (χ1) is 16.2. The van der Waals surface area contributed by atoms with Gasteiger partial charge in [-0.15, -0.1) is 0 Å². The van der Waals surface area contributed by atoms with E-state index in [1.165, 1.54) is 30.4 Å². The molecule has 1 saturated heterocycles. The topological polar surface area (TPSA) is 78.0 Å². The van der Waals surface area contributed by atoms with Crippen molar-refractivity contribution in [1.29, 1.82) is 0 Å². The second-order valence-corrected chi connectivity index (χ2v) is 8.76. The van der Waals surface area contributed by atoms with Crippen LogP contribution < -0.4 is 20.7 Å². The average molecular weight is 450 g/mol. The Morgan fingerprint density at radius 3 is 2.61 bits per heavy atom. The molecule has 33 heavy (non-hydrogen) atoms. The first-order valence-electron chi connectivity index (χ1n) is 11.9. The average Bonchev–Trinajstić information content (AvgIpc) is 2.86. The third-order valence-corrected chi connectivity index (χ3v) is 6.64. The minimum atomic E-state index is 0.0631. The number of carbonyl (C=O) groups is 1. The van der Waals surface area contributed by atoms with Crippen LogP contribution in [-0.2, 0) is 4.79 Å². The Bertz CT molecular complexity index is 953. The maximum absolute atomic E-state index is 12.1. The number of hydrogen-bond acceptors (Lipinski definition) is 4. The largest absolute Gasteiger partial charge is 0.497 e. The number of aliphatic imine (C=N–C) groups is 1. The van der Waals surface area contributed by atoms with Crippen LogP contribution in [0, 0.1) is 0 Å².